The van der Waals surface area contributed by atoms with Crippen LogP contribution in [-0.4, -0.2) is 21.0 Å². The Morgan fingerprint density at radius 1 is 1.50 bits per heavy atom. The average molecular weight is 204 g/mol. The lowest BCUT2D eigenvalue weighted by molar-refractivity contribution is 0.197. The van der Waals surface area contributed by atoms with E-state index in [1.54, 1.807) is 0 Å². The van der Waals surface area contributed by atoms with Crippen LogP contribution in [0.3, 0.4) is 0 Å². The molecule has 4 nitrogen and oxygen atoms in total. The number of hydrogen-bond acceptors (Lipinski definition) is 4. The summed E-state index contributed by atoms with van der Waals surface area (Å²) in [5.74, 6) is 0. The molecule has 0 heterocycles. The van der Waals surface area contributed by atoms with Gasteiger partial charge in [0.15, 0.2) is 0 Å². The van der Waals surface area contributed by atoms with Crippen LogP contribution in [0.25, 0.3) is 0 Å². The zero-order valence-corrected chi connectivity index (χ0v) is 7.73. The number of phosphoric ester groups is 1. The van der Waals surface area contributed by atoms with E-state index in [9.17, 15) is 4.57 Å². The molecule has 0 aromatic carbocycles. The van der Waals surface area contributed by atoms with Crippen LogP contribution in [0.5, 0.6) is 0 Å². The van der Waals surface area contributed by atoms with Gasteiger partial charge in [-0.2, -0.15) is 25.3 Å². The van der Waals surface area contributed by atoms with E-state index in [0.29, 0.717) is 6.42 Å². The summed E-state index contributed by atoms with van der Waals surface area (Å²) in [4.78, 5) is 16.3. The van der Waals surface area contributed by atoms with E-state index < -0.39 is 7.82 Å². The van der Waals surface area contributed by atoms with Crippen molar-refractivity contribution in [3.05, 3.63) is 0 Å². The Kier molecular flexibility index (Phi) is 5.02. The summed E-state index contributed by atoms with van der Waals surface area (Å²) in [7, 11) is -4.29. The molecule has 0 saturated carbocycles. The van der Waals surface area contributed by atoms with E-state index >= 15 is 0 Å². The fourth-order valence-corrected chi connectivity index (χ4v) is 0.831. The molecule has 0 radical (unpaired) electrons. The molecule has 0 aliphatic carbocycles. The van der Waals surface area contributed by atoms with Crippen LogP contribution in [0, 0.1) is 0 Å². The third-order valence-electron chi connectivity index (χ3n) is 0.636. The van der Waals surface area contributed by atoms with Crippen molar-refractivity contribution < 1.29 is 18.9 Å². The van der Waals surface area contributed by atoms with Gasteiger partial charge in [-0.15, -0.1) is 0 Å². The molecule has 0 rings (SSSR count). The average Bonchev–Trinajstić information content (AvgIpc) is 1.59. The van der Waals surface area contributed by atoms with Crippen molar-refractivity contribution in [2.24, 2.45) is 0 Å². The fourth-order valence-electron chi connectivity index (χ4n) is 0.277. The molecule has 0 aliphatic rings. The summed E-state index contributed by atoms with van der Waals surface area (Å²) in [5.41, 5.74) is 0. The highest BCUT2D eigenvalue weighted by atomic mass is 32.2. The highest BCUT2D eigenvalue weighted by Crippen LogP contribution is 2.35. The second kappa shape index (κ2) is 4.64. The quantitative estimate of drug-likeness (QED) is 0.309. The van der Waals surface area contributed by atoms with Gasteiger partial charge < -0.3 is 9.79 Å². The summed E-state index contributed by atoms with van der Waals surface area (Å²) in [5, 5.41) is 0. The van der Waals surface area contributed by atoms with Crippen molar-refractivity contribution >= 4 is 33.1 Å². The molecule has 0 atom stereocenters. The van der Waals surface area contributed by atoms with E-state index in [2.05, 4.69) is 29.8 Å². The summed E-state index contributed by atoms with van der Waals surface area (Å²) < 4.78 is 13.9. The Hall–Kier alpha value is 0.810. The van der Waals surface area contributed by atoms with Crippen LogP contribution < -0.4 is 0 Å². The molecule has 62 valence electrons. The van der Waals surface area contributed by atoms with Crippen molar-refractivity contribution in [1.82, 2.24) is 0 Å². The van der Waals surface area contributed by atoms with Gasteiger partial charge in [0.05, 0.1) is 6.61 Å². The largest absolute Gasteiger partial charge is 0.469 e. The van der Waals surface area contributed by atoms with Gasteiger partial charge in [0.25, 0.3) is 0 Å². The molecular formula is C3H9O4PS2. The maximum atomic E-state index is 10.0. The maximum absolute atomic E-state index is 10.0. The Morgan fingerprint density at radius 2 is 2.00 bits per heavy atom. The van der Waals surface area contributed by atoms with Crippen molar-refractivity contribution in [1.29, 1.82) is 0 Å². The van der Waals surface area contributed by atoms with E-state index in [0.717, 1.165) is 0 Å². The van der Waals surface area contributed by atoms with Crippen molar-refractivity contribution in [3.63, 3.8) is 0 Å². The van der Waals surface area contributed by atoms with E-state index in [4.69, 9.17) is 9.79 Å². The normalized spacial score (nSPS) is 12.5. The Bertz CT molecular complexity index is 132. The molecule has 0 spiro atoms. The van der Waals surface area contributed by atoms with Crippen LogP contribution in [-0.2, 0) is 9.09 Å². The molecule has 0 bridgehead atoms. The highest BCUT2D eigenvalue weighted by Gasteiger charge is 2.12. The Labute approximate surface area is 70.0 Å². The molecule has 0 amide bonds. The minimum Gasteiger partial charge on any atom is -0.303 e. The van der Waals surface area contributed by atoms with E-state index in [1.165, 1.54) is 0 Å². The monoisotopic (exact) mass is 204 g/mol. The minimum atomic E-state index is -4.29. The first-order valence-corrected chi connectivity index (χ1v) is 5.04. The predicted octanol–water partition coefficient (Wildman–Crippen LogP) is 0.671. The van der Waals surface area contributed by atoms with Crippen LogP contribution in [0.4, 0.5) is 0 Å². The van der Waals surface area contributed by atoms with Crippen LogP contribution >= 0.6 is 33.1 Å². The number of hydrogen-bond donors (Lipinski definition) is 4. The van der Waals surface area contributed by atoms with Gasteiger partial charge in [0.1, 0.15) is 0 Å². The number of phosphoric acid groups is 1. The topological polar surface area (TPSA) is 66.8 Å². The van der Waals surface area contributed by atoms with Crippen LogP contribution in [0.1, 0.15) is 6.42 Å². The van der Waals surface area contributed by atoms with Crippen molar-refractivity contribution in [3.8, 4) is 0 Å². The standard InChI is InChI=1S/C3H9O4PS2/c4-8(5,6)7-2-1-3(9)10/h3,9-10H,1-2H2,(H2,4,5,6). The van der Waals surface area contributed by atoms with Gasteiger partial charge in [-0.1, -0.05) is 0 Å². The van der Waals surface area contributed by atoms with Gasteiger partial charge in [0.2, 0.25) is 0 Å². The summed E-state index contributed by atoms with van der Waals surface area (Å²) >= 11 is 7.72. The minimum absolute atomic E-state index is 0.0258. The molecule has 7 heteroatoms. The fraction of sp³-hybridized carbons (Fsp3) is 1.00. The first-order valence-electron chi connectivity index (χ1n) is 2.48. The van der Waals surface area contributed by atoms with Gasteiger partial charge in [-0.25, -0.2) is 4.57 Å². The lowest BCUT2D eigenvalue weighted by Gasteiger charge is -2.05. The van der Waals surface area contributed by atoms with E-state index in [-0.39, 0.29) is 11.2 Å². The molecule has 0 aromatic rings. The van der Waals surface area contributed by atoms with Crippen molar-refractivity contribution in [2.45, 2.75) is 11.0 Å². The van der Waals surface area contributed by atoms with E-state index in [1.807, 2.05) is 0 Å². The zero-order chi connectivity index (χ0) is 8.20. The second-order valence-corrected chi connectivity index (χ2v) is 4.49. The third-order valence-corrected chi connectivity index (χ3v) is 1.67. The lowest BCUT2D eigenvalue weighted by Crippen LogP contribution is -1.96. The van der Waals surface area contributed by atoms with Crippen LogP contribution in [0.15, 0.2) is 0 Å². The molecule has 0 fully saturated rings. The smallest absolute Gasteiger partial charge is 0.303 e. The second-order valence-electron chi connectivity index (χ2n) is 1.59. The molecule has 0 aromatic heterocycles. The van der Waals surface area contributed by atoms with Crippen LogP contribution in [0.2, 0.25) is 0 Å². The molecule has 0 saturated heterocycles. The van der Waals surface area contributed by atoms with Gasteiger partial charge >= 0.3 is 7.82 Å². The lowest BCUT2D eigenvalue weighted by atomic mass is 10.5. The molecule has 0 aliphatic heterocycles. The number of thiol groups is 2. The maximum Gasteiger partial charge on any atom is 0.469 e. The highest BCUT2D eigenvalue weighted by molar-refractivity contribution is 7.99. The molecular weight excluding hydrogens is 195 g/mol. The SMILES string of the molecule is O=P(O)(O)OCCC(S)S. The number of rotatable bonds is 4. The molecule has 2 N–H and O–H groups in total. The Balaban J connectivity index is 3.30. The first kappa shape index (κ1) is 10.8. The third kappa shape index (κ3) is 8.81. The van der Waals surface area contributed by atoms with Gasteiger partial charge in [-0.05, 0) is 6.42 Å². The molecule has 10 heavy (non-hydrogen) atoms. The van der Waals surface area contributed by atoms with Crippen molar-refractivity contribution in [2.75, 3.05) is 6.61 Å². The summed E-state index contributed by atoms with van der Waals surface area (Å²) in [6.07, 6.45) is 0.400. The van der Waals surface area contributed by atoms with Gasteiger partial charge in [-0.3, -0.25) is 4.52 Å². The summed E-state index contributed by atoms with van der Waals surface area (Å²) in [6, 6.07) is 0. The van der Waals surface area contributed by atoms with Gasteiger partial charge in [0, 0.05) is 4.58 Å². The predicted molar refractivity (Wildman–Crippen MR) is 44.4 cm³/mol. The Morgan fingerprint density at radius 3 is 2.30 bits per heavy atom. The zero-order valence-electron chi connectivity index (χ0n) is 5.04. The first-order chi connectivity index (χ1) is 4.42. The molecule has 0 unspecified atom stereocenters. The summed E-state index contributed by atoms with van der Waals surface area (Å²) in [6.45, 7) is -0.0258.